The van der Waals surface area contributed by atoms with Crippen molar-refractivity contribution in [2.24, 2.45) is 0 Å². The number of ether oxygens (including phenoxy) is 1. The molecule has 2 rings (SSSR count). The van der Waals surface area contributed by atoms with Gasteiger partial charge in [-0.2, -0.15) is 0 Å². The van der Waals surface area contributed by atoms with Gasteiger partial charge in [0.15, 0.2) is 6.29 Å². The molecule has 1 amide bonds. The van der Waals surface area contributed by atoms with Gasteiger partial charge >= 0.3 is 6.09 Å². The van der Waals surface area contributed by atoms with Crippen molar-refractivity contribution in [1.29, 1.82) is 0 Å². The summed E-state index contributed by atoms with van der Waals surface area (Å²) in [5.41, 5.74) is 1.67. The van der Waals surface area contributed by atoms with E-state index in [1.165, 1.54) is 12.0 Å². The van der Waals surface area contributed by atoms with Crippen LogP contribution in [0.1, 0.15) is 35.8 Å². The lowest BCUT2D eigenvalue weighted by Gasteiger charge is -2.21. The second-order valence-corrected chi connectivity index (χ2v) is 5.90. The monoisotopic (exact) mass is 371 g/mol. The highest BCUT2D eigenvalue weighted by Crippen LogP contribution is 2.25. The molecule has 0 aliphatic heterocycles. The Balaban J connectivity index is 2.24. The number of imidazole rings is 1. The molecular formula is C20H22FN3O3. The van der Waals surface area contributed by atoms with E-state index < -0.39 is 11.9 Å². The van der Waals surface area contributed by atoms with Crippen molar-refractivity contribution in [2.45, 2.75) is 19.8 Å². The number of unbranched alkanes of at least 4 members (excludes halogenated alkanes) is 1. The first-order valence-electron chi connectivity index (χ1n) is 8.46. The van der Waals surface area contributed by atoms with Crippen LogP contribution in [0.25, 0.3) is 11.2 Å². The molecule has 142 valence electrons. The van der Waals surface area contributed by atoms with E-state index in [4.69, 9.17) is 4.74 Å². The van der Waals surface area contributed by atoms with Crippen molar-refractivity contribution in [1.82, 2.24) is 14.3 Å². The zero-order valence-electron chi connectivity index (χ0n) is 15.4. The first-order chi connectivity index (χ1) is 12.9. The van der Waals surface area contributed by atoms with Gasteiger partial charge in [-0.25, -0.2) is 14.2 Å². The Morgan fingerprint density at radius 3 is 2.74 bits per heavy atom. The number of allylic oxidation sites excluding steroid dienone is 3. The molecule has 0 fully saturated rings. The van der Waals surface area contributed by atoms with E-state index in [0.29, 0.717) is 24.0 Å². The molecule has 27 heavy (non-hydrogen) atoms. The number of rotatable bonds is 8. The molecule has 0 aliphatic carbocycles. The average molecular weight is 371 g/mol. The van der Waals surface area contributed by atoms with Crippen LogP contribution in [0.15, 0.2) is 55.3 Å². The lowest BCUT2D eigenvalue weighted by atomic mass is 10.1. The van der Waals surface area contributed by atoms with Gasteiger partial charge in [0, 0.05) is 35.8 Å². The third kappa shape index (κ3) is 4.69. The fourth-order valence-electron chi connectivity index (χ4n) is 2.47. The number of carbonyl (C=O) groups is 2. The van der Waals surface area contributed by atoms with E-state index in [1.54, 1.807) is 28.9 Å². The molecule has 0 spiro atoms. The van der Waals surface area contributed by atoms with Gasteiger partial charge in [-0.3, -0.25) is 9.69 Å². The Kier molecular flexibility index (Phi) is 6.65. The van der Waals surface area contributed by atoms with E-state index in [2.05, 4.69) is 18.1 Å². The van der Waals surface area contributed by atoms with Gasteiger partial charge in [-0.05, 0) is 24.6 Å². The quantitative estimate of drug-likeness (QED) is 0.510. The number of hydrogen-bond acceptors (Lipinski definition) is 4. The second kappa shape index (κ2) is 8.93. The highest BCUT2D eigenvalue weighted by atomic mass is 19.1. The third-order valence-corrected chi connectivity index (χ3v) is 4.00. The molecule has 0 radical (unpaired) electrons. The highest BCUT2D eigenvalue weighted by Gasteiger charge is 2.17. The SMILES string of the molecule is C=C(/C(F)=C\C(=C)N(CCCC)C(=O)OC)c1ccc2nc(C=O)cn2c1. The van der Waals surface area contributed by atoms with E-state index in [1.807, 2.05) is 6.92 Å². The van der Waals surface area contributed by atoms with Crippen LogP contribution < -0.4 is 0 Å². The molecule has 0 N–H and O–H groups in total. The van der Waals surface area contributed by atoms with Crippen molar-refractivity contribution < 1.29 is 18.7 Å². The topological polar surface area (TPSA) is 63.9 Å². The summed E-state index contributed by atoms with van der Waals surface area (Å²) in [5, 5.41) is 0. The molecule has 0 unspecified atom stereocenters. The van der Waals surface area contributed by atoms with Crippen molar-refractivity contribution >= 4 is 23.6 Å². The zero-order valence-corrected chi connectivity index (χ0v) is 15.4. The van der Waals surface area contributed by atoms with Crippen LogP contribution in [0.4, 0.5) is 9.18 Å². The first kappa shape index (κ1) is 20.1. The number of fused-ring (bicyclic) bond motifs is 1. The number of methoxy groups -OCH3 is 1. The molecule has 2 aromatic heterocycles. The number of hydrogen-bond donors (Lipinski definition) is 0. The van der Waals surface area contributed by atoms with Crippen LogP contribution in [0.2, 0.25) is 0 Å². The van der Waals surface area contributed by atoms with Crippen molar-refractivity contribution in [2.75, 3.05) is 13.7 Å². The highest BCUT2D eigenvalue weighted by molar-refractivity contribution is 5.78. The number of carbonyl (C=O) groups excluding carboxylic acids is 2. The Morgan fingerprint density at radius 1 is 1.37 bits per heavy atom. The summed E-state index contributed by atoms with van der Waals surface area (Å²) < 4.78 is 21.0. The molecule has 0 saturated heterocycles. The smallest absolute Gasteiger partial charge is 0.413 e. The number of aldehydes is 1. The largest absolute Gasteiger partial charge is 0.452 e. The normalized spacial score (nSPS) is 11.3. The van der Waals surface area contributed by atoms with E-state index in [0.717, 1.165) is 18.9 Å². The summed E-state index contributed by atoms with van der Waals surface area (Å²) in [6, 6.07) is 3.32. The van der Waals surface area contributed by atoms with E-state index in [9.17, 15) is 14.0 Å². The molecule has 7 heteroatoms. The summed E-state index contributed by atoms with van der Waals surface area (Å²) >= 11 is 0. The Hall–Kier alpha value is -3.22. The minimum atomic E-state index is -0.625. The molecule has 0 aromatic carbocycles. The minimum Gasteiger partial charge on any atom is -0.452 e. The molecule has 2 aromatic rings. The van der Waals surface area contributed by atoms with Crippen molar-refractivity contribution in [3.05, 3.63) is 66.5 Å². The number of nitrogens with zero attached hydrogens (tertiary/aromatic N) is 3. The molecule has 0 bridgehead atoms. The predicted molar refractivity (Wildman–Crippen MR) is 102 cm³/mol. The standard InChI is InChI=1S/C20H22FN3O3/c1-5-6-9-24(20(26)27-4)14(2)10-18(21)15(3)16-7-8-19-22-17(13-25)12-23(19)11-16/h7-8,10-13H,2-3,5-6,9H2,1,4H3/b18-10+. The number of amides is 1. The molecule has 0 aliphatic rings. The molecule has 0 atom stereocenters. The maximum Gasteiger partial charge on any atom is 0.413 e. The van der Waals surface area contributed by atoms with Crippen molar-refractivity contribution in [3.63, 3.8) is 0 Å². The zero-order chi connectivity index (χ0) is 20.0. The molecular weight excluding hydrogens is 349 g/mol. The lowest BCUT2D eigenvalue weighted by molar-refractivity contribution is 0.111. The number of halogens is 1. The summed E-state index contributed by atoms with van der Waals surface area (Å²) in [7, 11) is 1.27. The van der Waals surface area contributed by atoms with E-state index in [-0.39, 0.29) is 17.0 Å². The van der Waals surface area contributed by atoms with Gasteiger partial charge in [0.2, 0.25) is 0 Å². The maximum absolute atomic E-state index is 14.7. The number of aromatic nitrogens is 2. The van der Waals surface area contributed by atoms with Crippen LogP contribution in [-0.2, 0) is 4.74 Å². The summed E-state index contributed by atoms with van der Waals surface area (Å²) in [6.45, 7) is 9.91. The number of pyridine rings is 1. The summed E-state index contributed by atoms with van der Waals surface area (Å²) in [5.74, 6) is -0.625. The third-order valence-electron chi connectivity index (χ3n) is 4.00. The summed E-state index contributed by atoms with van der Waals surface area (Å²) in [4.78, 5) is 28.1. The maximum atomic E-state index is 14.7. The molecule has 2 heterocycles. The van der Waals surface area contributed by atoms with Crippen LogP contribution in [-0.4, -0.2) is 40.3 Å². The van der Waals surface area contributed by atoms with Crippen LogP contribution in [0.3, 0.4) is 0 Å². The van der Waals surface area contributed by atoms with Gasteiger partial charge in [0.25, 0.3) is 0 Å². The van der Waals surface area contributed by atoms with Crippen LogP contribution in [0.5, 0.6) is 0 Å². The van der Waals surface area contributed by atoms with Crippen LogP contribution >= 0.6 is 0 Å². The minimum absolute atomic E-state index is 0.125. The second-order valence-electron chi connectivity index (χ2n) is 5.90. The lowest BCUT2D eigenvalue weighted by Crippen LogP contribution is -2.30. The average Bonchev–Trinajstić information content (AvgIpc) is 3.09. The molecule has 0 saturated carbocycles. The summed E-state index contributed by atoms with van der Waals surface area (Å²) in [6.07, 6.45) is 5.98. The van der Waals surface area contributed by atoms with Gasteiger partial charge in [0.1, 0.15) is 17.2 Å². The Labute approximate surface area is 157 Å². The van der Waals surface area contributed by atoms with Gasteiger partial charge in [-0.1, -0.05) is 26.5 Å². The predicted octanol–water partition coefficient (Wildman–Crippen LogP) is 4.40. The Morgan fingerprint density at radius 2 is 2.11 bits per heavy atom. The fraction of sp³-hybridized carbons (Fsp3) is 0.250. The molecule has 6 nitrogen and oxygen atoms in total. The van der Waals surface area contributed by atoms with Gasteiger partial charge < -0.3 is 9.14 Å². The van der Waals surface area contributed by atoms with Crippen LogP contribution in [0, 0.1) is 0 Å². The van der Waals surface area contributed by atoms with E-state index >= 15 is 0 Å². The Bertz CT molecular complexity index is 914. The fourth-order valence-corrected chi connectivity index (χ4v) is 2.47. The van der Waals surface area contributed by atoms with Crippen molar-refractivity contribution in [3.8, 4) is 0 Å². The van der Waals surface area contributed by atoms with Gasteiger partial charge in [0.05, 0.1) is 7.11 Å². The van der Waals surface area contributed by atoms with Gasteiger partial charge in [-0.15, -0.1) is 0 Å². The first-order valence-corrected chi connectivity index (χ1v) is 8.46.